The Balaban J connectivity index is 2.04. The zero-order valence-corrected chi connectivity index (χ0v) is 12.7. The zero-order chi connectivity index (χ0) is 14.8. The first-order valence-electron chi connectivity index (χ1n) is 6.53. The summed E-state index contributed by atoms with van der Waals surface area (Å²) in [6.45, 7) is 6.47. The SMILES string of the molecule is CC(C)(C)CC(N)Cc1nc(-c2ccc(Cl)cn2)no1. The maximum absolute atomic E-state index is 6.10. The Morgan fingerprint density at radius 1 is 1.35 bits per heavy atom. The smallest absolute Gasteiger partial charge is 0.228 e. The fourth-order valence-corrected chi connectivity index (χ4v) is 2.14. The van der Waals surface area contributed by atoms with Crippen molar-refractivity contribution in [2.24, 2.45) is 11.1 Å². The molecular formula is C14H19ClN4O. The molecule has 108 valence electrons. The van der Waals surface area contributed by atoms with Crippen LogP contribution in [-0.2, 0) is 6.42 Å². The van der Waals surface area contributed by atoms with Gasteiger partial charge < -0.3 is 10.3 Å². The monoisotopic (exact) mass is 294 g/mol. The second-order valence-corrected chi connectivity index (χ2v) is 6.54. The van der Waals surface area contributed by atoms with E-state index in [1.807, 2.05) is 0 Å². The summed E-state index contributed by atoms with van der Waals surface area (Å²) in [7, 11) is 0. The Hall–Kier alpha value is -1.46. The number of nitrogens with two attached hydrogens (primary N) is 1. The molecule has 2 aromatic heterocycles. The molecule has 0 saturated heterocycles. The van der Waals surface area contributed by atoms with Crippen LogP contribution in [0.2, 0.25) is 5.02 Å². The van der Waals surface area contributed by atoms with Crippen LogP contribution in [0.5, 0.6) is 0 Å². The number of halogens is 1. The number of rotatable bonds is 4. The van der Waals surface area contributed by atoms with E-state index in [1.165, 1.54) is 0 Å². The third-order valence-corrected chi connectivity index (χ3v) is 2.96. The van der Waals surface area contributed by atoms with E-state index in [1.54, 1.807) is 18.3 Å². The first kappa shape index (κ1) is 14.9. The van der Waals surface area contributed by atoms with Gasteiger partial charge in [0.1, 0.15) is 5.69 Å². The molecule has 0 bridgehead atoms. The highest BCUT2D eigenvalue weighted by Gasteiger charge is 2.19. The lowest BCUT2D eigenvalue weighted by molar-refractivity contribution is 0.313. The van der Waals surface area contributed by atoms with Crippen LogP contribution in [0.4, 0.5) is 0 Å². The van der Waals surface area contributed by atoms with Gasteiger partial charge in [0.25, 0.3) is 0 Å². The molecule has 6 heteroatoms. The van der Waals surface area contributed by atoms with E-state index in [4.69, 9.17) is 21.9 Å². The minimum atomic E-state index is 0.00137. The summed E-state index contributed by atoms with van der Waals surface area (Å²) < 4.78 is 5.22. The topological polar surface area (TPSA) is 77.8 Å². The fourth-order valence-electron chi connectivity index (χ4n) is 2.03. The van der Waals surface area contributed by atoms with Crippen LogP contribution in [0, 0.1) is 5.41 Å². The molecule has 0 amide bonds. The normalized spacial score (nSPS) is 13.4. The molecule has 0 radical (unpaired) electrons. The van der Waals surface area contributed by atoms with Crippen molar-refractivity contribution in [2.75, 3.05) is 0 Å². The summed E-state index contributed by atoms with van der Waals surface area (Å²) in [6.07, 6.45) is 3.01. The zero-order valence-electron chi connectivity index (χ0n) is 11.9. The molecule has 0 saturated carbocycles. The fraction of sp³-hybridized carbons (Fsp3) is 0.500. The molecule has 2 N–H and O–H groups in total. The van der Waals surface area contributed by atoms with Crippen LogP contribution >= 0.6 is 11.6 Å². The van der Waals surface area contributed by atoms with Crippen molar-refractivity contribution >= 4 is 11.6 Å². The molecule has 20 heavy (non-hydrogen) atoms. The van der Waals surface area contributed by atoms with Crippen LogP contribution in [0.25, 0.3) is 11.5 Å². The van der Waals surface area contributed by atoms with Gasteiger partial charge in [-0.15, -0.1) is 0 Å². The third kappa shape index (κ3) is 4.28. The molecule has 0 fully saturated rings. The van der Waals surface area contributed by atoms with E-state index in [9.17, 15) is 0 Å². The van der Waals surface area contributed by atoms with Gasteiger partial charge in [-0.25, -0.2) is 0 Å². The molecular weight excluding hydrogens is 276 g/mol. The molecule has 0 aliphatic rings. The van der Waals surface area contributed by atoms with Crippen LogP contribution in [0.1, 0.15) is 33.1 Å². The van der Waals surface area contributed by atoms with Gasteiger partial charge in [-0.3, -0.25) is 4.98 Å². The summed E-state index contributed by atoms with van der Waals surface area (Å²) in [4.78, 5) is 8.47. The van der Waals surface area contributed by atoms with Crippen molar-refractivity contribution in [1.82, 2.24) is 15.1 Å². The molecule has 1 unspecified atom stereocenters. The van der Waals surface area contributed by atoms with Gasteiger partial charge >= 0.3 is 0 Å². The first-order chi connectivity index (χ1) is 9.33. The van der Waals surface area contributed by atoms with Gasteiger partial charge in [-0.1, -0.05) is 37.5 Å². The van der Waals surface area contributed by atoms with E-state index >= 15 is 0 Å². The van der Waals surface area contributed by atoms with Gasteiger partial charge in [0.15, 0.2) is 0 Å². The Labute approximate surface area is 123 Å². The summed E-state index contributed by atoms with van der Waals surface area (Å²) in [5.41, 5.74) is 6.91. The van der Waals surface area contributed by atoms with Crippen molar-refractivity contribution in [2.45, 2.75) is 39.7 Å². The first-order valence-corrected chi connectivity index (χ1v) is 6.91. The van der Waals surface area contributed by atoms with Crippen molar-refractivity contribution in [3.05, 3.63) is 29.2 Å². The Kier molecular flexibility index (Phi) is 4.40. The number of aromatic nitrogens is 3. The van der Waals surface area contributed by atoms with Crippen LogP contribution in [0.3, 0.4) is 0 Å². The van der Waals surface area contributed by atoms with Crippen molar-refractivity contribution < 1.29 is 4.52 Å². The Morgan fingerprint density at radius 3 is 2.70 bits per heavy atom. The van der Waals surface area contributed by atoms with E-state index in [0.29, 0.717) is 28.9 Å². The van der Waals surface area contributed by atoms with E-state index in [2.05, 4.69) is 35.9 Å². The lowest BCUT2D eigenvalue weighted by Crippen LogP contribution is -2.28. The highest BCUT2D eigenvalue weighted by Crippen LogP contribution is 2.22. The largest absolute Gasteiger partial charge is 0.339 e. The summed E-state index contributed by atoms with van der Waals surface area (Å²) in [5, 5.41) is 4.49. The molecule has 2 rings (SSSR count). The van der Waals surface area contributed by atoms with Crippen molar-refractivity contribution in [3.63, 3.8) is 0 Å². The molecule has 1 atom stereocenters. The molecule has 0 aromatic carbocycles. The summed E-state index contributed by atoms with van der Waals surface area (Å²) in [6, 6.07) is 3.50. The molecule has 5 nitrogen and oxygen atoms in total. The highest BCUT2D eigenvalue weighted by molar-refractivity contribution is 6.30. The van der Waals surface area contributed by atoms with Crippen molar-refractivity contribution in [3.8, 4) is 11.5 Å². The molecule has 0 aliphatic heterocycles. The van der Waals surface area contributed by atoms with Gasteiger partial charge in [0.05, 0.1) is 5.02 Å². The van der Waals surface area contributed by atoms with Crippen LogP contribution in [0.15, 0.2) is 22.9 Å². The minimum Gasteiger partial charge on any atom is -0.339 e. The average molecular weight is 295 g/mol. The van der Waals surface area contributed by atoms with Crippen LogP contribution < -0.4 is 5.73 Å². The van der Waals surface area contributed by atoms with Gasteiger partial charge in [0.2, 0.25) is 11.7 Å². The average Bonchev–Trinajstić information content (AvgIpc) is 2.75. The maximum atomic E-state index is 6.10. The lowest BCUT2D eigenvalue weighted by atomic mass is 9.87. The van der Waals surface area contributed by atoms with E-state index < -0.39 is 0 Å². The second-order valence-electron chi connectivity index (χ2n) is 6.10. The third-order valence-electron chi connectivity index (χ3n) is 2.74. The molecule has 2 heterocycles. The predicted molar refractivity (Wildman–Crippen MR) is 78.3 cm³/mol. The highest BCUT2D eigenvalue weighted by atomic mass is 35.5. The number of pyridine rings is 1. The van der Waals surface area contributed by atoms with E-state index in [-0.39, 0.29) is 11.5 Å². The van der Waals surface area contributed by atoms with Crippen LogP contribution in [-0.4, -0.2) is 21.2 Å². The quantitative estimate of drug-likeness (QED) is 0.937. The number of nitrogens with zero attached hydrogens (tertiary/aromatic N) is 3. The Morgan fingerprint density at radius 2 is 2.10 bits per heavy atom. The summed E-state index contributed by atoms with van der Waals surface area (Å²) >= 11 is 5.79. The number of hydrogen-bond donors (Lipinski definition) is 1. The summed E-state index contributed by atoms with van der Waals surface area (Å²) in [5.74, 6) is 0.994. The molecule has 0 spiro atoms. The Bertz CT molecular complexity index is 559. The number of hydrogen-bond acceptors (Lipinski definition) is 5. The molecule has 2 aromatic rings. The standard InChI is InChI=1S/C14H19ClN4O/c1-14(2,3)7-10(16)6-12-18-13(19-20-12)11-5-4-9(15)8-17-11/h4-5,8,10H,6-7,16H2,1-3H3. The molecule has 0 aliphatic carbocycles. The van der Waals surface area contributed by atoms with E-state index in [0.717, 1.165) is 6.42 Å². The van der Waals surface area contributed by atoms with Gasteiger partial charge in [-0.2, -0.15) is 4.98 Å². The van der Waals surface area contributed by atoms with Gasteiger partial charge in [0, 0.05) is 18.7 Å². The maximum Gasteiger partial charge on any atom is 0.228 e. The second kappa shape index (κ2) is 5.89. The lowest BCUT2D eigenvalue weighted by Gasteiger charge is -2.21. The van der Waals surface area contributed by atoms with Gasteiger partial charge in [-0.05, 0) is 24.0 Å². The predicted octanol–water partition coefficient (Wildman–Crippen LogP) is 3.09. The minimum absolute atomic E-state index is 0.00137. The van der Waals surface area contributed by atoms with Crippen molar-refractivity contribution in [1.29, 1.82) is 0 Å².